The van der Waals surface area contributed by atoms with Crippen LogP contribution >= 0.6 is 23.2 Å². The van der Waals surface area contributed by atoms with Crippen LogP contribution in [0.15, 0.2) is 23.1 Å². The topological polar surface area (TPSA) is 75.3 Å². The molecule has 1 aromatic rings. The molecule has 0 bridgehead atoms. The summed E-state index contributed by atoms with van der Waals surface area (Å²) in [6, 6.07) is 3.47. The van der Waals surface area contributed by atoms with Crippen LogP contribution in [0, 0.1) is 0 Å². The second-order valence-corrected chi connectivity index (χ2v) is 6.65. The van der Waals surface area contributed by atoms with Gasteiger partial charge in [0.1, 0.15) is 4.90 Å². The van der Waals surface area contributed by atoms with Crippen LogP contribution in [-0.2, 0) is 14.8 Å². The van der Waals surface area contributed by atoms with Gasteiger partial charge >= 0.3 is 0 Å². The van der Waals surface area contributed by atoms with Crippen molar-refractivity contribution >= 4 is 39.1 Å². The number of benzene rings is 1. The van der Waals surface area contributed by atoms with Crippen molar-refractivity contribution in [1.29, 1.82) is 0 Å². The van der Waals surface area contributed by atoms with E-state index in [2.05, 4.69) is 10.0 Å². The molecule has 1 amide bonds. The standard InChI is InChI=1S/C12H16Cl2N2O3S/c1-3-7-15-12(17)8(2)16-20(18,19)11-9(13)5-4-6-10(11)14/h4-6,8,16H,3,7H2,1-2H3,(H,15,17)/t8-/m1/s1. The third-order valence-electron chi connectivity index (χ3n) is 2.46. The molecule has 112 valence electrons. The van der Waals surface area contributed by atoms with Crippen LogP contribution in [0.1, 0.15) is 20.3 Å². The minimum absolute atomic E-state index is 0.00571. The summed E-state index contributed by atoms with van der Waals surface area (Å²) in [5.74, 6) is -0.404. The Morgan fingerprint density at radius 1 is 1.30 bits per heavy atom. The van der Waals surface area contributed by atoms with E-state index in [0.29, 0.717) is 6.54 Å². The van der Waals surface area contributed by atoms with E-state index < -0.39 is 22.0 Å². The van der Waals surface area contributed by atoms with E-state index in [1.807, 2.05) is 6.92 Å². The Bertz CT molecular complexity index is 570. The van der Waals surface area contributed by atoms with Crippen LogP contribution in [0.25, 0.3) is 0 Å². The molecule has 0 spiro atoms. The number of carbonyl (C=O) groups is 1. The van der Waals surface area contributed by atoms with Crippen molar-refractivity contribution in [3.05, 3.63) is 28.2 Å². The van der Waals surface area contributed by atoms with Gasteiger partial charge in [0.2, 0.25) is 15.9 Å². The van der Waals surface area contributed by atoms with Crippen molar-refractivity contribution in [2.75, 3.05) is 6.54 Å². The molecule has 0 aliphatic heterocycles. The van der Waals surface area contributed by atoms with E-state index in [0.717, 1.165) is 6.42 Å². The highest BCUT2D eigenvalue weighted by Crippen LogP contribution is 2.28. The second kappa shape index (κ2) is 7.26. The smallest absolute Gasteiger partial charge is 0.244 e. The van der Waals surface area contributed by atoms with Gasteiger partial charge in [0.25, 0.3) is 0 Å². The number of hydrogen-bond donors (Lipinski definition) is 2. The molecule has 0 radical (unpaired) electrons. The van der Waals surface area contributed by atoms with Crippen molar-refractivity contribution in [3.8, 4) is 0 Å². The van der Waals surface area contributed by atoms with Gasteiger partial charge in [-0.3, -0.25) is 4.79 Å². The number of sulfonamides is 1. The van der Waals surface area contributed by atoms with Crippen molar-refractivity contribution in [2.45, 2.75) is 31.2 Å². The minimum atomic E-state index is -3.97. The molecular weight excluding hydrogens is 323 g/mol. The van der Waals surface area contributed by atoms with E-state index in [9.17, 15) is 13.2 Å². The Kier molecular flexibility index (Phi) is 6.26. The zero-order valence-corrected chi connectivity index (χ0v) is 13.4. The van der Waals surface area contributed by atoms with Crippen molar-refractivity contribution in [3.63, 3.8) is 0 Å². The molecular formula is C12H16Cl2N2O3S. The molecule has 0 saturated carbocycles. The van der Waals surface area contributed by atoms with Crippen molar-refractivity contribution in [2.24, 2.45) is 0 Å². The van der Waals surface area contributed by atoms with E-state index in [4.69, 9.17) is 23.2 Å². The van der Waals surface area contributed by atoms with E-state index in [1.54, 1.807) is 6.07 Å². The average Bonchev–Trinajstić information content (AvgIpc) is 2.34. The predicted octanol–water partition coefficient (Wildman–Crippen LogP) is 2.19. The molecule has 8 heteroatoms. The Morgan fingerprint density at radius 2 is 1.85 bits per heavy atom. The summed E-state index contributed by atoms with van der Waals surface area (Å²) in [5.41, 5.74) is 0. The van der Waals surface area contributed by atoms with Gasteiger partial charge in [-0.2, -0.15) is 4.72 Å². The number of halogens is 2. The maximum atomic E-state index is 12.2. The third-order valence-corrected chi connectivity index (χ3v) is 4.96. The largest absolute Gasteiger partial charge is 0.355 e. The van der Waals surface area contributed by atoms with Gasteiger partial charge in [-0.05, 0) is 25.5 Å². The Labute approximate surface area is 128 Å². The first-order valence-electron chi connectivity index (χ1n) is 6.03. The lowest BCUT2D eigenvalue weighted by atomic mass is 10.3. The van der Waals surface area contributed by atoms with E-state index >= 15 is 0 Å². The summed E-state index contributed by atoms with van der Waals surface area (Å²) in [6.07, 6.45) is 0.765. The number of carbonyl (C=O) groups excluding carboxylic acids is 1. The summed E-state index contributed by atoms with van der Waals surface area (Å²) in [5, 5.41) is 2.61. The quantitative estimate of drug-likeness (QED) is 0.834. The lowest BCUT2D eigenvalue weighted by Crippen LogP contribution is -2.45. The molecule has 5 nitrogen and oxygen atoms in total. The van der Waals surface area contributed by atoms with Crippen LogP contribution in [-0.4, -0.2) is 26.9 Å². The van der Waals surface area contributed by atoms with Crippen LogP contribution in [0.4, 0.5) is 0 Å². The van der Waals surface area contributed by atoms with Crippen LogP contribution in [0.2, 0.25) is 10.0 Å². The van der Waals surface area contributed by atoms with Crippen molar-refractivity contribution in [1.82, 2.24) is 10.0 Å². The highest BCUT2D eigenvalue weighted by atomic mass is 35.5. The number of nitrogens with one attached hydrogen (secondary N) is 2. The predicted molar refractivity (Wildman–Crippen MR) is 79.5 cm³/mol. The normalized spacial score (nSPS) is 13.0. The number of rotatable bonds is 6. The van der Waals surface area contributed by atoms with Gasteiger partial charge in [0.05, 0.1) is 16.1 Å². The minimum Gasteiger partial charge on any atom is -0.355 e. The highest BCUT2D eigenvalue weighted by Gasteiger charge is 2.26. The van der Waals surface area contributed by atoms with Crippen LogP contribution in [0.3, 0.4) is 0 Å². The second-order valence-electron chi connectivity index (χ2n) is 4.18. The molecule has 1 atom stereocenters. The SMILES string of the molecule is CCCNC(=O)[C@@H](C)NS(=O)(=O)c1c(Cl)cccc1Cl. The first-order valence-corrected chi connectivity index (χ1v) is 8.27. The lowest BCUT2D eigenvalue weighted by molar-refractivity contribution is -0.122. The summed E-state index contributed by atoms with van der Waals surface area (Å²) in [7, 11) is -3.97. The summed E-state index contributed by atoms with van der Waals surface area (Å²) < 4.78 is 26.7. The molecule has 0 aliphatic carbocycles. The summed E-state index contributed by atoms with van der Waals surface area (Å²) >= 11 is 11.7. The molecule has 1 aromatic carbocycles. The molecule has 0 saturated heterocycles. The molecule has 0 heterocycles. The monoisotopic (exact) mass is 338 g/mol. The summed E-state index contributed by atoms with van der Waals surface area (Å²) in [6.45, 7) is 3.84. The number of hydrogen-bond acceptors (Lipinski definition) is 3. The molecule has 0 aliphatic rings. The van der Waals surface area contributed by atoms with Gasteiger partial charge in [-0.15, -0.1) is 0 Å². The van der Waals surface area contributed by atoms with Gasteiger partial charge in [0.15, 0.2) is 0 Å². The Morgan fingerprint density at radius 3 is 2.35 bits per heavy atom. The van der Waals surface area contributed by atoms with Crippen molar-refractivity contribution < 1.29 is 13.2 Å². The van der Waals surface area contributed by atoms with Crippen LogP contribution in [0.5, 0.6) is 0 Å². The van der Waals surface area contributed by atoms with Gasteiger partial charge in [-0.25, -0.2) is 8.42 Å². The molecule has 2 N–H and O–H groups in total. The van der Waals surface area contributed by atoms with E-state index in [1.165, 1.54) is 19.1 Å². The molecule has 1 rings (SSSR count). The van der Waals surface area contributed by atoms with Gasteiger partial charge < -0.3 is 5.32 Å². The van der Waals surface area contributed by atoms with E-state index in [-0.39, 0.29) is 14.9 Å². The van der Waals surface area contributed by atoms with Crippen LogP contribution < -0.4 is 10.0 Å². The summed E-state index contributed by atoms with van der Waals surface area (Å²) in [4.78, 5) is 11.5. The molecule has 0 unspecified atom stereocenters. The average molecular weight is 339 g/mol. The molecule has 0 aromatic heterocycles. The van der Waals surface area contributed by atoms with Gasteiger partial charge in [-0.1, -0.05) is 36.2 Å². The zero-order valence-electron chi connectivity index (χ0n) is 11.1. The van der Waals surface area contributed by atoms with Gasteiger partial charge in [0, 0.05) is 6.54 Å². The first kappa shape index (κ1) is 17.2. The first-order chi connectivity index (χ1) is 9.29. The number of amides is 1. The Hall–Kier alpha value is -0.820. The highest BCUT2D eigenvalue weighted by molar-refractivity contribution is 7.89. The fourth-order valence-electron chi connectivity index (χ4n) is 1.49. The Balaban J connectivity index is 2.93. The molecule has 20 heavy (non-hydrogen) atoms. The molecule has 0 fully saturated rings. The third kappa shape index (κ3) is 4.34. The lowest BCUT2D eigenvalue weighted by Gasteiger charge is -2.15. The maximum absolute atomic E-state index is 12.2. The fourth-order valence-corrected chi connectivity index (χ4v) is 3.83. The maximum Gasteiger partial charge on any atom is 0.244 e. The fraction of sp³-hybridized carbons (Fsp3) is 0.417. The zero-order chi connectivity index (χ0) is 15.3.